The first-order chi connectivity index (χ1) is 11.4. The first kappa shape index (κ1) is 16.3. The summed E-state index contributed by atoms with van der Waals surface area (Å²) in [5.41, 5.74) is 1.13. The third-order valence-corrected chi connectivity index (χ3v) is 4.01. The molecule has 0 radical (unpaired) electrons. The van der Waals surface area contributed by atoms with E-state index in [1.165, 1.54) is 0 Å². The van der Waals surface area contributed by atoms with Crippen molar-refractivity contribution in [3.05, 3.63) is 77.9 Å². The molecule has 0 aromatic heterocycles. The zero-order valence-electron chi connectivity index (χ0n) is 12.7. The van der Waals surface area contributed by atoms with E-state index in [0.717, 1.165) is 6.08 Å². The number of benzene rings is 2. The van der Waals surface area contributed by atoms with E-state index < -0.39 is 24.0 Å². The van der Waals surface area contributed by atoms with Gasteiger partial charge in [-0.15, -0.1) is 0 Å². The second kappa shape index (κ2) is 6.51. The van der Waals surface area contributed by atoms with Gasteiger partial charge >= 0.3 is 12.1 Å². The molecule has 0 N–H and O–H groups in total. The molecule has 0 saturated heterocycles. The van der Waals surface area contributed by atoms with E-state index in [9.17, 15) is 18.0 Å². The summed E-state index contributed by atoms with van der Waals surface area (Å²) < 4.78 is 45.7. The molecule has 2 atom stereocenters. The number of alkyl halides is 3. The van der Waals surface area contributed by atoms with Crippen LogP contribution in [-0.4, -0.2) is 12.1 Å². The van der Waals surface area contributed by atoms with Gasteiger partial charge in [0.05, 0.1) is 11.8 Å². The second-order valence-corrected chi connectivity index (χ2v) is 5.68. The molecule has 2 aromatic carbocycles. The Morgan fingerprint density at radius 2 is 1.50 bits per heavy atom. The van der Waals surface area contributed by atoms with Gasteiger partial charge in [-0.05, 0) is 18.1 Å². The van der Waals surface area contributed by atoms with Crippen molar-refractivity contribution in [3.8, 4) is 0 Å². The number of esters is 1. The molecule has 1 aliphatic rings. The molecule has 2 nitrogen and oxygen atoms in total. The van der Waals surface area contributed by atoms with Gasteiger partial charge in [-0.3, -0.25) is 4.79 Å². The minimum absolute atomic E-state index is 0.0115. The van der Waals surface area contributed by atoms with Crippen molar-refractivity contribution in [2.45, 2.75) is 12.6 Å². The zero-order chi connectivity index (χ0) is 17.2. The summed E-state index contributed by atoms with van der Waals surface area (Å²) in [7, 11) is 0. The molecule has 0 aliphatic carbocycles. The smallest absolute Gasteiger partial charge is 0.396 e. The highest BCUT2D eigenvalue weighted by Crippen LogP contribution is 2.41. The van der Waals surface area contributed by atoms with Crippen LogP contribution in [0.1, 0.15) is 11.1 Å². The lowest BCUT2D eigenvalue weighted by Crippen LogP contribution is -2.39. The van der Waals surface area contributed by atoms with Crippen LogP contribution in [0.4, 0.5) is 13.2 Å². The topological polar surface area (TPSA) is 26.3 Å². The lowest BCUT2D eigenvalue weighted by molar-refractivity contribution is -0.187. The summed E-state index contributed by atoms with van der Waals surface area (Å²) >= 11 is 0. The maximum absolute atomic E-state index is 13.5. The Bertz CT molecular complexity index is 736. The maximum Gasteiger partial charge on any atom is 0.396 e. The summed E-state index contributed by atoms with van der Waals surface area (Å²) in [5.74, 6) is -4.02. The predicted octanol–water partition coefficient (Wildman–Crippen LogP) is 4.62. The first-order valence-electron chi connectivity index (χ1n) is 7.55. The third kappa shape index (κ3) is 3.50. The highest BCUT2D eigenvalue weighted by atomic mass is 19.4. The Kier molecular flexibility index (Phi) is 4.42. The molecule has 24 heavy (non-hydrogen) atoms. The minimum Gasteiger partial charge on any atom is -0.426 e. The molecule has 1 aliphatic heterocycles. The van der Waals surface area contributed by atoms with Gasteiger partial charge in [0.1, 0.15) is 5.76 Å². The second-order valence-electron chi connectivity index (χ2n) is 5.68. The van der Waals surface area contributed by atoms with Crippen molar-refractivity contribution in [1.82, 2.24) is 0 Å². The Labute approximate surface area is 137 Å². The fraction of sp³-hybridized carbons (Fsp3) is 0.211. The van der Waals surface area contributed by atoms with E-state index in [4.69, 9.17) is 4.74 Å². The Morgan fingerprint density at radius 1 is 0.917 bits per heavy atom. The van der Waals surface area contributed by atoms with Gasteiger partial charge in [0, 0.05) is 5.56 Å². The van der Waals surface area contributed by atoms with Crippen LogP contribution in [0.3, 0.4) is 0 Å². The molecule has 2 aromatic rings. The van der Waals surface area contributed by atoms with E-state index >= 15 is 0 Å². The number of allylic oxidation sites excluding steroid dienone is 1. The van der Waals surface area contributed by atoms with Crippen LogP contribution in [-0.2, 0) is 16.0 Å². The van der Waals surface area contributed by atoms with Crippen molar-refractivity contribution in [2.75, 3.05) is 0 Å². The highest BCUT2D eigenvalue weighted by molar-refractivity contribution is 5.83. The molecule has 0 fully saturated rings. The van der Waals surface area contributed by atoms with E-state index in [0.29, 0.717) is 11.1 Å². The molecular formula is C19H15F3O2. The number of halogens is 3. The third-order valence-electron chi connectivity index (χ3n) is 4.01. The normalized spacial score (nSPS) is 21.1. The van der Waals surface area contributed by atoms with Gasteiger partial charge in [-0.2, -0.15) is 13.2 Å². The molecule has 1 heterocycles. The van der Waals surface area contributed by atoms with Crippen LogP contribution in [0.2, 0.25) is 0 Å². The summed E-state index contributed by atoms with van der Waals surface area (Å²) in [4.78, 5) is 12.3. The minimum atomic E-state index is -4.51. The number of carbonyl (C=O) groups is 1. The van der Waals surface area contributed by atoms with Crippen LogP contribution >= 0.6 is 0 Å². The van der Waals surface area contributed by atoms with E-state index in [1.807, 2.05) is 0 Å². The number of cyclic esters (lactones) is 1. The largest absolute Gasteiger partial charge is 0.426 e. The fourth-order valence-electron chi connectivity index (χ4n) is 2.80. The quantitative estimate of drug-likeness (QED) is 0.767. The average molecular weight is 332 g/mol. The maximum atomic E-state index is 13.5. The first-order valence-corrected chi connectivity index (χ1v) is 7.55. The van der Waals surface area contributed by atoms with Gasteiger partial charge in [0.2, 0.25) is 0 Å². The molecular weight excluding hydrogens is 317 g/mol. The molecule has 0 amide bonds. The Hall–Kier alpha value is -2.56. The Morgan fingerprint density at radius 3 is 2.08 bits per heavy atom. The summed E-state index contributed by atoms with van der Waals surface area (Å²) in [6.45, 7) is 0. The van der Waals surface area contributed by atoms with Crippen molar-refractivity contribution in [2.24, 2.45) is 11.8 Å². The van der Waals surface area contributed by atoms with Gasteiger partial charge in [0.25, 0.3) is 0 Å². The van der Waals surface area contributed by atoms with Crippen molar-refractivity contribution in [3.63, 3.8) is 0 Å². The zero-order valence-corrected chi connectivity index (χ0v) is 12.7. The highest BCUT2D eigenvalue weighted by Gasteiger charge is 2.49. The van der Waals surface area contributed by atoms with Gasteiger partial charge in [0.15, 0.2) is 0 Å². The molecule has 5 heteroatoms. The predicted molar refractivity (Wildman–Crippen MR) is 83.7 cm³/mol. The summed E-state index contributed by atoms with van der Waals surface area (Å²) in [6.07, 6.45) is -3.51. The molecule has 124 valence electrons. The van der Waals surface area contributed by atoms with Gasteiger partial charge < -0.3 is 4.74 Å². The molecule has 0 unspecified atom stereocenters. The van der Waals surface area contributed by atoms with Crippen molar-refractivity contribution in [1.29, 1.82) is 0 Å². The van der Waals surface area contributed by atoms with Crippen LogP contribution < -0.4 is 0 Å². The SMILES string of the molecule is O=C1OC(c2ccccc2)=C[C@H](C(F)(F)F)[C@@H]1Cc1ccccc1. The van der Waals surface area contributed by atoms with Gasteiger partial charge in [-0.1, -0.05) is 60.7 Å². The van der Waals surface area contributed by atoms with Crippen LogP contribution in [0, 0.1) is 11.8 Å². The standard InChI is InChI=1S/C19H15F3O2/c20-19(21,22)16-12-17(14-9-5-2-6-10-14)24-18(23)15(16)11-13-7-3-1-4-8-13/h1-10,12,15-16H,11H2/t15-,16-/m0/s1. The molecule has 3 rings (SSSR count). The molecule has 0 bridgehead atoms. The van der Waals surface area contributed by atoms with E-state index in [2.05, 4.69) is 0 Å². The van der Waals surface area contributed by atoms with Crippen LogP contribution in [0.5, 0.6) is 0 Å². The molecule has 0 saturated carbocycles. The number of hydrogen-bond acceptors (Lipinski definition) is 2. The number of carbonyl (C=O) groups excluding carboxylic acids is 1. The lowest BCUT2D eigenvalue weighted by Gasteiger charge is -2.30. The summed E-state index contributed by atoms with van der Waals surface area (Å²) in [5, 5.41) is 0. The van der Waals surface area contributed by atoms with Gasteiger partial charge in [-0.25, -0.2) is 0 Å². The van der Waals surface area contributed by atoms with Crippen molar-refractivity contribution < 1.29 is 22.7 Å². The number of ether oxygens (including phenoxy) is 1. The summed E-state index contributed by atoms with van der Waals surface area (Å²) in [6, 6.07) is 17.0. The van der Waals surface area contributed by atoms with Crippen LogP contribution in [0.15, 0.2) is 66.7 Å². The average Bonchev–Trinajstić information content (AvgIpc) is 2.57. The fourth-order valence-corrected chi connectivity index (χ4v) is 2.80. The van der Waals surface area contributed by atoms with E-state index in [1.54, 1.807) is 60.7 Å². The molecule has 0 spiro atoms. The van der Waals surface area contributed by atoms with E-state index in [-0.39, 0.29) is 12.2 Å². The monoisotopic (exact) mass is 332 g/mol. The number of hydrogen-bond donors (Lipinski definition) is 0. The van der Waals surface area contributed by atoms with Crippen LogP contribution in [0.25, 0.3) is 5.76 Å². The van der Waals surface area contributed by atoms with Crippen molar-refractivity contribution >= 4 is 11.7 Å². The Balaban J connectivity index is 1.95. The number of rotatable bonds is 3. The lowest BCUT2D eigenvalue weighted by atomic mass is 9.83.